The SMILES string of the molecule is O=C(O)NCCC(=O)N1CCN(c2ncccc2C=C2SC(=O)NC2=O)CC1. The quantitative estimate of drug-likeness (QED) is 0.611. The molecule has 0 bridgehead atoms. The number of anilines is 1. The van der Waals surface area contributed by atoms with E-state index in [2.05, 4.69) is 15.6 Å². The van der Waals surface area contributed by atoms with Gasteiger partial charge >= 0.3 is 6.09 Å². The second kappa shape index (κ2) is 8.74. The number of hydrogen-bond acceptors (Lipinski definition) is 7. The molecule has 2 saturated heterocycles. The minimum atomic E-state index is -1.15. The highest BCUT2D eigenvalue weighted by Crippen LogP contribution is 2.28. The molecule has 2 aliphatic heterocycles. The van der Waals surface area contributed by atoms with Crippen molar-refractivity contribution in [2.24, 2.45) is 0 Å². The van der Waals surface area contributed by atoms with E-state index in [-0.39, 0.29) is 18.9 Å². The van der Waals surface area contributed by atoms with Gasteiger partial charge in [-0.1, -0.05) is 0 Å². The molecule has 0 spiro atoms. The summed E-state index contributed by atoms with van der Waals surface area (Å²) in [5.41, 5.74) is 0.722. The van der Waals surface area contributed by atoms with Gasteiger partial charge in [0, 0.05) is 50.9 Å². The van der Waals surface area contributed by atoms with E-state index in [0.717, 1.165) is 17.3 Å². The molecule has 1 aromatic rings. The number of amides is 4. The van der Waals surface area contributed by atoms with Gasteiger partial charge in [0.15, 0.2) is 0 Å². The predicted octanol–water partition coefficient (Wildman–Crippen LogP) is 0.712. The minimum absolute atomic E-state index is 0.0881. The number of hydrogen-bond donors (Lipinski definition) is 3. The maximum absolute atomic E-state index is 12.2. The Bertz CT molecular complexity index is 835. The molecule has 0 unspecified atom stereocenters. The highest BCUT2D eigenvalue weighted by molar-refractivity contribution is 8.18. The van der Waals surface area contributed by atoms with E-state index >= 15 is 0 Å². The molecule has 10 nitrogen and oxygen atoms in total. The van der Waals surface area contributed by atoms with Crippen LogP contribution in [0.15, 0.2) is 23.2 Å². The van der Waals surface area contributed by atoms with Crippen molar-refractivity contribution >= 4 is 46.8 Å². The number of carbonyl (C=O) groups excluding carboxylic acids is 3. The number of imide groups is 1. The van der Waals surface area contributed by atoms with Crippen molar-refractivity contribution in [2.75, 3.05) is 37.6 Å². The largest absolute Gasteiger partial charge is 0.465 e. The minimum Gasteiger partial charge on any atom is -0.465 e. The molecule has 0 aliphatic carbocycles. The van der Waals surface area contributed by atoms with Gasteiger partial charge in [0.2, 0.25) is 5.91 Å². The van der Waals surface area contributed by atoms with Gasteiger partial charge in [0.05, 0.1) is 4.91 Å². The summed E-state index contributed by atoms with van der Waals surface area (Å²) >= 11 is 0.852. The molecule has 0 radical (unpaired) electrons. The Hall–Kier alpha value is -3.08. The van der Waals surface area contributed by atoms with Gasteiger partial charge in [-0.25, -0.2) is 9.78 Å². The Labute approximate surface area is 165 Å². The average Bonchev–Trinajstić information content (AvgIpc) is 2.99. The first-order chi connectivity index (χ1) is 13.4. The van der Waals surface area contributed by atoms with Crippen LogP contribution in [0.1, 0.15) is 12.0 Å². The Morgan fingerprint density at radius 2 is 2.04 bits per heavy atom. The average molecular weight is 405 g/mol. The van der Waals surface area contributed by atoms with Crippen molar-refractivity contribution in [2.45, 2.75) is 6.42 Å². The number of pyridine rings is 1. The zero-order chi connectivity index (χ0) is 20.1. The van der Waals surface area contributed by atoms with Crippen LogP contribution >= 0.6 is 11.8 Å². The summed E-state index contributed by atoms with van der Waals surface area (Å²) in [6, 6.07) is 3.57. The first-order valence-corrected chi connectivity index (χ1v) is 9.45. The maximum atomic E-state index is 12.2. The Morgan fingerprint density at radius 3 is 2.68 bits per heavy atom. The highest BCUT2D eigenvalue weighted by atomic mass is 32.2. The zero-order valence-electron chi connectivity index (χ0n) is 14.9. The zero-order valence-corrected chi connectivity index (χ0v) is 15.7. The second-order valence-electron chi connectivity index (χ2n) is 6.12. The number of carbonyl (C=O) groups is 4. The molecule has 2 aliphatic rings. The fraction of sp³-hybridized carbons (Fsp3) is 0.353. The van der Waals surface area contributed by atoms with Gasteiger partial charge in [-0.15, -0.1) is 0 Å². The lowest BCUT2D eigenvalue weighted by molar-refractivity contribution is -0.131. The molecule has 2 fully saturated rings. The first kappa shape index (κ1) is 19.7. The number of piperazine rings is 1. The van der Waals surface area contributed by atoms with Crippen LogP contribution in [0.2, 0.25) is 0 Å². The van der Waals surface area contributed by atoms with E-state index in [0.29, 0.717) is 36.9 Å². The van der Waals surface area contributed by atoms with Crippen molar-refractivity contribution in [1.82, 2.24) is 20.5 Å². The van der Waals surface area contributed by atoms with Gasteiger partial charge in [0.1, 0.15) is 5.82 Å². The third-order valence-electron chi connectivity index (χ3n) is 4.29. The molecular weight excluding hydrogens is 386 g/mol. The Kier molecular flexibility index (Phi) is 6.14. The Balaban J connectivity index is 1.63. The molecule has 11 heteroatoms. The van der Waals surface area contributed by atoms with E-state index in [1.165, 1.54) is 0 Å². The molecule has 3 heterocycles. The topological polar surface area (TPSA) is 132 Å². The summed E-state index contributed by atoms with van der Waals surface area (Å²) in [5, 5.41) is 12.6. The maximum Gasteiger partial charge on any atom is 0.404 e. The van der Waals surface area contributed by atoms with Crippen molar-refractivity contribution in [3.05, 3.63) is 28.8 Å². The number of aromatic nitrogens is 1. The Morgan fingerprint density at radius 1 is 1.29 bits per heavy atom. The molecule has 4 amide bonds. The van der Waals surface area contributed by atoms with Crippen molar-refractivity contribution in [3.63, 3.8) is 0 Å². The van der Waals surface area contributed by atoms with E-state index in [1.807, 2.05) is 11.0 Å². The fourth-order valence-electron chi connectivity index (χ4n) is 2.95. The van der Waals surface area contributed by atoms with Crippen molar-refractivity contribution in [1.29, 1.82) is 0 Å². The second-order valence-corrected chi connectivity index (χ2v) is 7.13. The van der Waals surface area contributed by atoms with Crippen molar-refractivity contribution < 1.29 is 24.3 Å². The van der Waals surface area contributed by atoms with Crippen LogP contribution in [0.25, 0.3) is 6.08 Å². The van der Waals surface area contributed by atoms with E-state index in [1.54, 1.807) is 23.2 Å². The summed E-state index contributed by atoms with van der Waals surface area (Å²) < 4.78 is 0. The van der Waals surface area contributed by atoms with Gasteiger partial charge in [0.25, 0.3) is 11.1 Å². The standard InChI is InChI=1S/C17H19N5O5S/c23-13(3-5-19-16(25)26)21-6-8-22(9-7-21)14-11(2-1-4-18-14)10-12-15(24)20-17(27)28-12/h1-2,4,10,19H,3,5-9H2,(H,25,26)(H,20,24,27). The first-order valence-electron chi connectivity index (χ1n) is 8.63. The third kappa shape index (κ3) is 4.80. The molecule has 3 N–H and O–H groups in total. The van der Waals surface area contributed by atoms with E-state index in [9.17, 15) is 19.2 Å². The van der Waals surface area contributed by atoms with Crippen LogP contribution in [-0.4, -0.2) is 70.9 Å². The fourth-order valence-corrected chi connectivity index (χ4v) is 3.62. The number of nitrogens with zero attached hydrogens (tertiary/aromatic N) is 3. The van der Waals surface area contributed by atoms with Crippen LogP contribution in [0.5, 0.6) is 0 Å². The van der Waals surface area contributed by atoms with E-state index < -0.39 is 17.2 Å². The summed E-state index contributed by atoms with van der Waals surface area (Å²) in [6.07, 6.45) is 2.26. The lowest BCUT2D eigenvalue weighted by atomic mass is 10.2. The van der Waals surface area contributed by atoms with Crippen molar-refractivity contribution in [3.8, 4) is 0 Å². The summed E-state index contributed by atoms with van der Waals surface area (Å²) in [6.45, 7) is 2.19. The summed E-state index contributed by atoms with van der Waals surface area (Å²) in [4.78, 5) is 54.2. The van der Waals surface area contributed by atoms with Gasteiger partial charge in [-0.3, -0.25) is 19.7 Å². The lowest BCUT2D eigenvalue weighted by Gasteiger charge is -2.36. The highest BCUT2D eigenvalue weighted by Gasteiger charge is 2.27. The van der Waals surface area contributed by atoms with Gasteiger partial charge in [-0.2, -0.15) is 0 Å². The molecule has 0 saturated carbocycles. The van der Waals surface area contributed by atoms with Crippen LogP contribution < -0.4 is 15.5 Å². The molecule has 3 rings (SSSR count). The molecule has 148 valence electrons. The van der Waals surface area contributed by atoms with Crippen LogP contribution in [-0.2, 0) is 9.59 Å². The van der Waals surface area contributed by atoms with Crippen LogP contribution in [0.4, 0.5) is 15.4 Å². The van der Waals surface area contributed by atoms with Crippen LogP contribution in [0, 0.1) is 0 Å². The van der Waals surface area contributed by atoms with Gasteiger partial charge in [-0.05, 0) is 30.0 Å². The smallest absolute Gasteiger partial charge is 0.404 e. The molecule has 28 heavy (non-hydrogen) atoms. The number of thioether (sulfide) groups is 1. The monoisotopic (exact) mass is 405 g/mol. The third-order valence-corrected chi connectivity index (χ3v) is 5.10. The number of carboxylic acid groups (broad SMARTS) is 1. The molecule has 0 atom stereocenters. The molecule has 0 aromatic carbocycles. The summed E-state index contributed by atoms with van der Waals surface area (Å²) in [5.74, 6) is 0.159. The van der Waals surface area contributed by atoms with Crippen LogP contribution in [0.3, 0.4) is 0 Å². The molecular formula is C17H19N5O5S. The number of nitrogens with one attached hydrogen (secondary N) is 2. The normalized spacial score (nSPS) is 18.4. The van der Waals surface area contributed by atoms with Gasteiger partial charge < -0.3 is 20.2 Å². The number of rotatable bonds is 5. The molecule has 1 aromatic heterocycles. The van der Waals surface area contributed by atoms with E-state index in [4.69, 9.17) is 5.11 Å². The lowest BCUT2D eigenvalue weighted by Crippen LogP contribution is -2.49. The summed E-state index contributed by atoms with van der Waals surface area (Å²) in [7, 11) is 0. The predicted molar refractivity (Wildman–Crippen MR) is 103 cm³/mol.